The SMILES string of the molecule is CCc1cc2c(N3CCN(C(=O)COn4nnc5ccccc54)CC3)ncnc2s1. The fourth-order valence-electron chi connectivity index (χ4n) is 3.64. The van der Waals surface area contributed by atoms with E-state index in [1.165, 1.54) is 9.72 Å². The molecule has 1 aliphatic rings. The summed E-state index contributed by atoms with van der Waals surface area (Å²) in [4.78, 5) is 34.8. The largest absolute Gasteiger partial charge is 0.385 e. The van der Waals surface area contributed by atoms with Crippen molar-refractivity contribution in [3.05, 3.63) is 41.5 Å². The molecule has 1 amide bonds. The molecule has 0 saturated carbocycles. The summed E-state index contributed by atoms with van der Waals surface area (Å²) in [5.74, 6) is 0.888. The number of anilines is 1. The number of thiophene rings is 1. The van der Waals surface area contributed by atoms with Crippen LogP contribution in [0, 0.1) is 0 Å². The zero-order valence-corrected chi connectivity index (χ0v) is 17.4. The van der Waals surface area contributed by atoms with Gasteiger partial charge in [-0.1, -0.05) is 23.9 Å². The van der Waals surface area contributed by atoms with Gasteiger partial charge in [0.2, 0.25) is 0 Å². The number of carbonyl (C=O) groups excluding carboxylic acids is 1. The normalized spacial score (nSPS) is 14.6. The Morgan fingerprint density at radius 1 is 1.17 bits per heavy atom. The zero-order valence-electron chi connectivity index (χ0n) is 16.6. The molecule has 30 heavy (non-hydrogen) atoms. The Morgan fingerprint density at radius 2 is 2.00 bits per heavy atom. The summed E-state index contributed by atoms with van der Waals surface area (Å²) in [7, 11) is 0. The third-order valence-electron chi connectivity index (χ3n) is 5.27. The van der Waals surface area contributed by atoms with E-state index in [0.717, 1.165) is 46.6 Å². The predicted octanol–water partition coefficient (Wildman–Crippen LogP) is 1.78. The van der Waals surface area contributed by atoms with E-state index >= 15 is 0 Å². The van der Waals surface area contributed by atoms with Gasteiger partial charge in [0.15, 0.2) is 6.61 Å². The number of hydrogen-bond donors (Lipinski definition) is 0. The highest BCUT2D eigenvalue weighted by molar-refractivity contribution is 7.18. The molecular weight excluding hydrogens is 402 g/mol. The topological polar surface area (TPSA) is 89.3 Å². The first kappa shape index (κ1) is 18.7. The van der Waals surface area contributed by atoms with Crippen LogP contribution >= 0.6 is 11.3 Å². The van der Waals surface area contributed by atoms with Crippen LogP contribution in [-0.2, 0) is 11.2 Å². The maximum Gasteiger partial charge on any atom is 0.263 e. The quantitative estimate of drug-likeness (QED) is 0.483. The van der Waals surface area contributed by atoms with Crippen LogP contribution in [0.1, 0.15) is 11.8 Å². The van der Waals surface area contributed by atoms with Crippen molar-refractivity contribution in [1.29, 1.82) is 0 Å². The fraction of sp³-hybridized carbons (Fsp3) is 0.350. The van der Waals surface area contributed by atoms with Crippen LogP contribution in [0.4, 0.5) is 5.82 Å². The average Bonchev–Trinajstić information content (AvgIpc) is 3.41. The van der Waals surface area contributed by atoms with Crippen LogP contribution < -0.4 is 9.74 Å². The Bertz CT molecular complexity index is 1200. The third-order valence-corrected chi connectivity index (χ3v) is 6.46. The third kappa shape index (κ3) is 3.43. The van der Waals surface area contributed by atoms with Gasteiger partial charge in [-0.05, 0) is 29.8 Å². The minimum atomic E-state index is -0.0739. The van der Waals surface area contributed by atoms with Crippen molar-refractivity contribution < 1.29 is 9.63 Å². The van der Waals surface area contributed by atoms with E-state index in [1.807, 2.05) is 29.2 Å². The molecule has 5 rings (SSSR count). The van der Waals surface area contributed by atoms with Gasteiger partial charge < -0.3 is 14.6 Å². The van der Waals surface area contributed by atoms with Gasteiger partial charge in [-0.2, -0.15) is 0 Å². The molecule has 1 aliphatic heterocycles. The number of hydrogen-bond acceptors (Lipinski definition) is 8. The molecule has 4 aromatic rings. The van der Waals surface area contributed by atoms with Crippen LogP contribution in [0.3, 0.4) is 0 Å². The molecule has 0 spiro atoms. The van der Waals surface area contributed by atoms with Crippen molar-refractivity contribution in [2.45, 2.75) is 13.3 Å². The van der Waals surface area contributed by atoms with E-state index < -0.39 is 0 Å². The van der Waals surface area contributed by atoms with Crippen LogP contribution in [0.25, 0.3) is 21.3 Å². The van der Waals surface area contributed by atoms with E-state index in [-0.39, 0.29) is 12.5 Å². The van der Waals surface area contributed by atoms with Crippen LogP contribution in [0.2, 0.25) is 0 Å². The van der Waals surface area contributed by atoms with Gasteiger partial charge in [-0.15, -0.1) is 16.4 Å². The summed E-state index contributed by atoms with van der Waals surface area (Å²) in [6.45, 7) is 4.76. The number of rotatable bonds is 5. The highest BCUT2D eigenvalue weighted by atomic mass is 32.1. The number of aromatic nitrogens is 5. The van der Waals surface area contributed by atoms with Gasteiger partial charge in [0.05, 0.1) is 5.39 Å². The number of fused-ring (bicyclic) bond motifs is 2. The number of aryl methyl sites for hydroxylation is 1. The van der Waals surface area contributed by atoms with E-state index in [4.69, 9.17) is 4.84 Å². The molecule has 0 unspecified atom stereocenters. The number of nitrogens with zero attached hydrogens (tertiary/aromatic N) is 7. The lowest BCUT2D eigenvalue weighted by Crippen LogP contribution is -2.50. The van der Waals surface area contributed by atoms with Gasteiger partial charge in [0.1, 0.15) is 28.0 Å². The minimum absolute atomic E-state index is 0.0640. The summed E-state index contributed by atoms with van der Waals surface area (Å²) in [5, 5.41) is 9.08. The van der Waals surface area contributed by atoms with Crippen molar-refractivity contribution >= 4 is 44.3 Å². The van der Waals surface area contributed by atoms with Gasteiger partial charge in [0, 0.05) is 31.1 Å². The zero-order chi connectivity index (χ0) is 20.5. The van der Waals surface area contributed by atoms with Crippen molar-refractivity contribution in [1.82, 2.24) is 30.0 Å². The molecule has 1 fully saturated rings. The first-order valence-corrected chi connectivity index (χ1v) is 10.7. The highest BCUT2D eigenvalue weighted by Crippen LogP contribution is 2.30. The molecule has 4 heterocycles. The second-order valence-corrected chi connectivity index (χ2v) is 8.19. The number of piperazine rings is 1. The summed E-state index contributed by atoms with van der Waals surface area (Å²) in [6, 6.07) is 9.66. The number of benzene rings is 1. The van der Waals surface area contributed by atoms with Crippen LogP contribution in [-0.4, -0.2) is 68.7 Å². The van der Waals surface area contributed by atoms with Crippen molar-refractivity contribution in [3.63, 3.8) is 0 Å². The molecule has 0 bridgehead atoms. The highest BCUT2D eigenvalue weighted by Gasteiger charge is 2.24. The first-order chi connectivity index (χ1) is 14.7. The summed E-state index contributed by atoms with van der Waals surface area (Å²) < 4.78 is 0. The van der Waals surface area contributed by atoms with Crippen LogP contribution in [0.15, 0.2) is 36.7 Å². The summed E-state index contributed by atoms with van der Waals surface area (Å²) >= 11 is 1.71. The number of amides is 1. The van der Waals surface area contributed by atoms with Crippen LogP contribution in [0.5, 0.6) is 0 Å². The fourth-order valence-corrected chi connectivity index (χ4v) is 4.57. The van der Waals surface area contributed by atoms with Gasteiger partial charge in [-0.3, -0.25) is 4.79 Å². The lowest BCUT2D eigenvalue weighted by atomic mass is 10.2. The molecule has 154 valence electrons. The molecule has 0 atom stereocenters. The standard InChI is InChI=1S/C20H21N7O2S/c1-2-14-11-15-19(21-13-22-20(15)30-14)26-9-7-25(8-10-26)18(28)12-29-27-17-6-4-3-5-16(17)23-24-27/h3-6,11,13H,2,7-10,12H2,1H3. The van der Waals surface area contributed by atoms with E-state index in [9.17, 15) is 4.79 Å². The first-order valence-electron chi connectivity index (χ1n) is 9.93. The van der Waals surface area contributed by atoms with Crippen molar-refractivity contribution in [2.24, 2.45) is 0 Å². The van der Waals surface area contributed by atoms with Gasteiger partial charge in [0.25, 0.3) is 5.91 Å². The molecule has 0 N–H and O–H groups in total. The smallest absolute Gasteiger partial charge is 0.263 e. The molecule has 0 radical (unpaired) electrons. The van der Waals surface area contributed by atoms with E-state index in [2.05, 4.69) is 38.2 Å². The second kappa shape index (κ2) is 7.86. The Hall–Kier alpha value is -3.27. The maximum absolute atomic E-state index is 12.6. The van der Waals surface area contributed by atoms with E-state index in [0.29, 0.717) is 13.1 Å². The summed E-state index contributed by atoms with van der Waals surface area (Å²) in [6.07, 6.45) is 2.62. The molecule has 0 aliphatic carbocycles. The second-order valence-electron chi connectivity index (χ2n) is 7.07. The Labute approximate surface area is 176 Å². The minimum Gasteiger partial charge on any atom is -0.385 e. The summed E-state index contributed by atoms with van der Waals surface area (Å²) in [5.41, 5.74) is 1.47. The van der Waals surface area contributed by atoms with Gasteiger partial charge in [-0.25, -0.2) is 9.97 Å². The molecular formula is C20H21N7O2S. The molecule has 1 saturated heterocycles. The Balaban J connectivity index is 1.22. The predicted molar refractivity (Wildman–Crippen MR) is 115 cm³/mol. The lowest BCUT2D eigenvalue weighted by molar-refractivity contribution is -0.137. The lowest BCUT2D eigenvalue weighted by Gasteiger charge is -2.35. The molecule has 1 aromatic carbocycles. The average molecular weight is 424 g/mol. The van der Waals surface area contributed by atoms with Crippen molar-refractivity contribution in [2.75, 3.05) is 37.7 Å². The molecule has 9 nitrogen and oxygen atoms in total. The van der Waals surface area contributed by atoms with E-state index in [1.54, 1.807) is 17.7 Å². The molecule has 3 aromatic heterocycles. The van der Waals surface area contributed by atoms with Gasteiger partial charge >= 0.3 is 0 Å². The Kier molecular flexibility index (Phi) is 4.91. The Morgan fingerprint density at radius 3 is 2.83 bits per heavy atom. The monoisotopic (exact) mass is 423 g/mol. The maximum atomic E-state index is 12.6. The number of para-hydroxylation sites is 1. The van der Waals surface area contributed by atoms with Crippen molar-refractivity contribution in [3.8, 4) is 0 Å². The molecule has 10 heteroatoms. The number of carbonyl (C=O) groups is 1.